The van der Waals surface area contributed by atoms with Crippen molar-refractivity contribution in [2.75, 3.05) is 24.5 Å². The number of aliphatic hydroxyl groups excluding tert-OH is 1. The molecule has 0 aromatic heterocycles. The Bertz CT molecular complexity index is 1060. The number of halogens is 2. The molecule has 0 amide bonds. The van der Waals surface area contributed by atoms with E-state index >= 15 is 0 Å². The number of nitrogens with zero attached hydrogens (tertiary/aromatic N) is 2. The second-order valence-corrected chi connectivity index (χ2v) is 8.88. The van der Waals surface area contributed by atoms with Gasteiger partial charge in [-0.05, 0) is 79.4 Å². The number of para-hydroxylation sites is 1. The normalized spacial score (nSPS) is 21.3. The van der Waals surface area contributed by atoms with Gasteiger partial charge in [-0.3, -0.25) is 0 Å². The maximum atomic E-state index is 14.1. The lowest BCUT2D eigenvalue weighted by atomic mass is 9.88. The summed E-state index contributed by atoms with van der Waals surface area (Å²) in [5.74, 6) is -0.213. The third-order valence-electron chi connectivity index (χ3n) is 6.88. The molecule has 1 N–H and O–H groups in total. The Labute approximate surface area is 187 Å². The Hall–Kier alpha value is -2.76. The van der Waals surface area contributed by atoms with Gasteiger partial charge in [-0.2, -0.15) is 0 Å². The standard InChI is InChI=1S/C27H28F2N2O/c28-20-10-8-19(9-11-20)27(32)7-4-15-30-16-14-26-24(18-30)23-17-21(29)12-13-25(23)31(26)22-5-2-1-3-6-22/h1-3,5-6,8-13,17,24,26-27,32H,4,7,14-16,18H2/t24-,26+,27?/m0/s1. The van der Waals surface area contributed by atoms with Crippen LogP contribution in [0.15, 0.2) is 72.8 Å². The van der Waals surface area contributed by atoms with Crippen molar-refractivity contribution in [1.29, 1.82) is 0 Å². The van der Waals surface area contributed by atoms with Gasteiger partial charge in [-0.25, -0.2) is 8.78 Å². The number of benzene rings is 3. The third-order valence-corrected chi connectivity index (χ3v) is 6.88. The molecule has 3 aromatic rings. The van der Waals surface area contributed by atoms with Crippen molar-refractivity contribution in [3.8, 4) is 0 Å². The van der Waals surface area contributed by atoms with E-state index in [0.717, 1.165) is 55.0 Å². The van der Waals surface area contributed by atoms with E-state index < -0.39 is 6.10 Å². The molecule has 5 heteroatoms. The molecule has 3 nitrogen and oxygen atoms in total. The SMILES string of the molecule is OC(CCCN1CC[C@@H]2[C@@H](C1)c1cc(F)ccc1N2c1ccccc1)c1ccc(F)cc1. The average Bonchev–Trinajstić information content (AvgIpc) is 3.13. The van der Waals surface area contributed by atoms with Crippen molar-refractivity contribution in [3.63, 3.8) is 0 Å². The van der Waals surface area contributed by atoms with Crippen molar-refractivity contribution in [1.82, 2.24) is 4.90 Å². The summed E-state index contributed by atoms with van der Waals surface area (Å²) in [6.07, 6.45) is 1.92. The van der Waals surface area contributed by atoms with E-state index in [-0.39, 0.29) is 17.6 Å². The summed E-state index contributed by atoms with van der Waals surface area (Å²) in [6, 6.07) is 21.9. The predicted octanol–water partition coefficient (Wildman–Crippen LogP) is 5.79. The van der Waals surface area contributed by atoms with Crippen LogP contribution in [0.25, 0.3) is 0 Å². The molecular formula is C27H28F2N2O. The van der Waals surface area contributed by atoms with Crippen LogP contribution in [0.5, 0.6) is 0 Å². The van der Waals surface area contributed by atoms with Gasteiger partial charge in [0.1, 0.15) is 11.6 Å². The number of piperidine rings is 1. The lowest BCUT2D eigenvalue weighted by Crippen LogP contribution is -2.45. The van der Waals surface area contributed by atoms with Crippen LogP contribution in [0.1, 0.15) is 42.4 Å². The van der Waals surface area contributed by atoms with Gasteiger partial charge >= 0.3 is 0 Å². The van der Waals surface area contributed by atoms with Crippen LogP contribution >= 0.6 is 0 Å². The lowest BCUT2D eigenvalue weighted by molar-refractivity contribution is 0.145. The first-order valence-corrected chi connectivity index (χ1v) is 11.4. The first-order valence-electron chi connectivity index (χ1n) is 11.4. The highest BCUT2D eigenvalue weighted by atomic mass is 19.1. The zero-order valence-electron chi connectivity index (χ0n) is 18.0. The molecule has 2 aliphatic rings. The Morgan fingerprint density at radius 1 is 0.938 bits per heavy atom. The minimum absolute atomic E-state index is 0.183. The van der Waals surface area contributed by atoms with Gasteiger partial charge < -0.3 is 14.9 Å². The Balaban J connectivity index is 1.26. The number of aliphatic hydroxyl groups is 1. The van der Waals surface area contributed by atoms with Crippen LogP contribution in [0.2, 0.25) is 0 Å². The molecular weight excluding hydrogens is 406 g/mol. The van der Waals surface area contributed by atoms with Crippen LogP contribution in [-0.2, 0) is 0 Å². The summed E-state index contributed by atoms with van der Waals surface area (Å²) in [7, 11) is 0. The second-order valence-electron chi connectivity index (χ2n) is 8.88. The lowest BCUT2D eigenvalue weighted by Gasteiger charge is -2.39. The van der Waals surface area contributed by atoms with Crippen LogP contribution in [0.3, 0.4) is 0 Å². The minimum Gasteiger partial charge on any atom is -0.388 e. The van der Waals surface area contributed by atoms with Crippen molar-refractivity contribution in [2.45, 2.75) is 37.3 Å². The number of hydrogen-bond donors (Lipinski definition) is 1. The van der Waals surface area contributed by atoms with E-state index in [2.05, 4.69) is 21.9 Å². The van der Waals surface area contributed by atoms with Crippen LogP contribution < -0.4 is 4.90 Å². The molecule has 5 rings (SSSR count). The zero-order chi connectivity index (χ0) is 22.1. The van der Waals surface area contributed by atoms with Crippen molar-refractivity contribution >= 4 is 11.4 Å². The molecule has 3 aromatic carbocycles. The number of anilines is 2. The first kappa shape index (κ1) is 21.1. The van der Waals surface area contributed by atoms with E-state index in [1.807, 2.05) is 24.3 Å². The van der Waals surface area contributed by atoms with Crippen molar-refractivity contribution in [2.24, 2.45) is 0 Å². The number of fused-ring (bicyclic) bond motifs is 3. The van der Waals surface area contributed by atoms with E-state index in [1.165, 1.54) is 12.1 Å². The summed E-state index contributed by atoms with van der Waals surface area (Å²) in [6.45, 7) is 2.75. The fraction of sp³-hybridized carbons (Fsp3) is 0.333. The summed E-state index contributed by atoms with van der Waals surface area (Å²) < 4.78 is 27.2. The molecule has 2 heterocycles. The fourth-order valence-corrected chi connectivity index (χ4v) is 5.32. The maximum Gasteiger partial charge on any atom is 0.123 e. The first-order chi connectivity index (χ1) is 15.6. The number of likely N-dealkylation sites (tertiary alicyclic amines) is 1. The highest BCUT2D eigenvalue weighted by Gasteiger charge is 2.42. The van der Waals surface area contributed by atoms with Gasteiger partial charge in [0.25, 0.3) is 0 Å². The van der Waals surface area contributed by atoms with Crippen molar-refractivity contribution < 1.29 is 13.9 Å². The fourth-order valence-electron chi connectivity index (χ4n) is 5.32. The summed E-state index contributed by atoms with van der Waals surface area (Å²) in [5, 5.41) is 10.4. The third kappa shape index (κ3) is 4.15. The monoisotopic (exact) mass is 434 g/mol. The van der Waals surface area contributed by atoms with Gasteiger partial charge in [-0.15, -0.1) is 0 Å². The van der Waals surface area contributed by atoms with Gasteiger partial charge in [0.15, 0.2) is 0 Å². The Kier molecular flexibility index (Phi) is 5.94. The van der Waals surface area contributed by atoms with E-state index in [4.69, 9.17) is 0 Å². The van der Waals surface area contributed by atoms with Crippen molar-refractivity contribution in [3.05, 3.63) is 95.6 Å². The molecule has 0 saturated carbocycles. The Morgan fingerprint density at radius 2 is 1.69 bits per heavy atom. The molecule has 1 fully saturated rings. The van der Waals surface area contributed by atoms with Gasteiger partial charge in [0, 0.05) is 36.4 Å². The summed E-state index contributed by atoms with van der Waals surface area (Å²) in [4.78, 5) is 4.82. The maximum absolute atomic E-state index is 14.1. The molecule has 1 saturated heterocycles. The minimum atomic E-state index is -0.581. The molecule has 1 unspecified atom stereocenters. The van der Waals surface area contributed by atoms with Crippen LogP contribution in [0.4, 0.5) is 20.2 Å². The molecule has 3 atom stereocenters. The summed E-state index contributed by atoms with van der Waals surface area (Å²) >= 11 is 0. The highest BCUT2D eigenvalue weighted by molar-refractivity contribution is 5.73. The molecule has 2 aliphatic heterocycles. The summed E-state index contributed by atoms with van der Waals surface area (Å²) in [5.41, 5.74) is 4.11. The molecule has 0 aliphatic carbocycles. The second kappa shape index (κ2) is 9.00. The molecule has 0 spiro atoms. The predicted molar refractivity (Wildman–Crippen MR) is 123 cm³/mol. The van der Waals surface area contributed by atoms with E-state index in [0.29, 0.717) is 12.5 Å². The van der Waals surface area contributed by atoms with E-state index in [9.17, 15) is 13.9 Å². The molecule has 32 heavy (non-hydrogen) atoms. The van der Waals surface area contributed by atoms with E-state index in [1.54, 1.807) is 24.3 Å². The highest BCUT2D eigenvalue weighted by Crippen LogP contribution is 2.48. The van der Waals surface area contributed by atoms with Gasteiger partial charge in [0.05, 0.1) is 6.10 Å². The van der Waals surface area contributed by atoms with Crippen LogP contribution in [0, 0.1) is 11.6 Å². The largest absolute Gasteiger partial charge is 0.388 e. The molecule has 0 radical (unpaired) electrons. The zero-order valence-corrected chi connectivity index (χ0v) is 18.0. The van der Waals surface area contributed by atoms with Gasteiger partial charge in [-0.1, -0.05) is 30.3 Å². The van der Waals surface area contributed by atoms with Gasteiger partial charge in [0.2, 0.25) is 0 Å². The topological polar surface area (TPSA) is 26.7 Å². The molecule has 166 valence electrons. The number of rotatable bonds is 6. The quantitative estimate of drug-likeness (QED) is 0.532. The molecule has 0 bridgehead atoms. The number of hydrogen-bond acceptors (Lipinski definition) is 3. The Morgan fingerprint density at radius 3 is 2.47 bits per heavy atom. The average molecular weight is 435 g/mol. The smallest absolute Gasteiger partial charge is 0.123 e. The van der Waals surface area contributed by atoms with Crippen LogP contribution in [-0.4, -0.2) is 35.7 Å².